The Morgan fingerprint density at radius 3 is 2.46 bits per heavy atom. The summed E-state index contributed by atoms with van der Waals surface area (Å²) in [5.41, 5.74) is 5.62. The summed E-state index contributed by atoms with van der Waals surface area (Å²) in [5.74, 6) is 0.0190. The smallest absolute Gasteiger partial charge is 0.246 e. The first kappa shape index (κ1) is 22.9. The van der Waals surface area contributed by atoms with Gasteiger partial charge < -0.3 is 9.80 Å². The Kier molecular flexibility index (Phi) is 5.70. The van der Waals surface area contributed by atoms with Crippen molar-refractivity contribution in [2.75, 3.05) is 44.2 Å². The summed E-state index contributed by atoms with van der Waals surface area (Å²) >= 11 is 0. The van der Waals surface area contributed by atoms with Gasteiger partial charge in [0, 0.05) is 75.4 Å². The van der Waals surface area contributed by atoms with E-state index in [4.69, 9.17) is 4.98 Å². The second-order valence-corrected chi connectivity index (χ2v) is 9.51. The minimum absolute atomic E-state index is 0.0190. The van der Waals surface area contributed by atoms with Gasteiger partial charge in [-0.3, -0.25) is 14.4 Å². The van der Waals surface area contributed by atoms with Crippen LogP contribution in [0.2, 0.25) is 0 Å². The molecule has 0 aliphatic carbocycles. The number of carbonyl (C=O) groups is 1. The van der Waals surface area contributed by atoms with Gasteiger partial charge in [0.2, 0.25) is 5.91 Å². The molecule has 2 fully saturated rings. The monoisotopic (exact) mass is 493 g/mol. The largest absolute Gasteiger partial charge is 0.369 e. The summed E-state index contributed by atoms with van der Waals surface area (Å²) in [5, 5.41) is 18.3. The fraction of sp³-hybridized carbons (Fsp3) is 0.296. The number of hydrogen-bond donors (Lipinski definition) is 0. The molecule has 0 unspecified atom stereocenters. The zero-order valence-electron chi connectivity index (χ0n) is 20.7. The number of nitriles is 1. The summed E-state index contributed by atoms with van der Waals surface area (Å²) in [6.45, 7) is 8.97. The van der Waals surface area contributed by atoms with Gasteiger partial charge in [-0.2, -0.15) is 15.5 Å². The maximum Gasteiger partial charge on any atom is 0.246 e. The number of aromatic nitrogens is 5. The Bertz CT molecular complexity index is 1510. The van der Waals surface area contributed by atoms with E-state index in [1.54, 1.807) is 21.6 Å². The van der Waals surface area contributed by atoms with Crippen molar-refractivity contribution in [3.63, 3.8) is 0 Å². The summed E-state index contributed by atoms with van der Waals surface area (Å²) < 4.78 is 3.46. The second-order valence-electron chi connectivity index (χ2n) is 9.51. The Balaban J connectivity index is 1.21. The van der Waals surface area contributed by atoms with Crippen molar-refractivity contribution in [3.05, 3.63) is 67.3 Å². The summed E-state index contributed by atoms with van der Waals surface area (Å²) in [6.07, 6.45) is 8.48. The average molecular weight is 494 g/mol. The van der Waals surface area contributed by atoms with Gasteiger partial charge in [0.25, 0.3) is 0 Å². The topological polar surface area (TPSA) is 98.6 Å². The van der Waals surface area contributed by atoms with E-state index in [1.807, 2.05) is 24.3 Å². The number of rotatable bonds is 5. The number of hydrogen-bond acceptors (Lipinski definition) is 7. The highest BCUT2D eigenvalue weighted by Crippen LogP contribution is 2.30. The van der Waals surface area contributed by atoms with Gasteiger partial charge >= 0.3 is 0 Å². The molecule has 2 aliphatic rings. The lowest BCUT2D eigenvalue weighted by molar-refractivity contribution is -0.133. The van der Waals surface area contributed by atoms with E-state index in [-0.39, 0.29) is 5.91 Å². The fourth-order valence-electron chi connectivity index (χ4n) is 5.16. The quantitative estimate of drug-likeness (QED) is 0.393. The van der Waals surface area contributed by atoms with Crippen LogP contribution in [0.15, 0.2) is 61.7 Å². The molecular formula is C27H27N9O. The highest BCUT2D eigenvalue weighted by Gasteiger charge is 2.35. The van der Waals surface area contributed by atoms with Crippen LogP contribution in [0, 0.1) is 11.3 Å². The molecule has 0 N–H and O–H groups in total. The van der Waals surface area contributed by atoms with Gasteiger partial charge in [0.05, 0.1) is 30.0 Å². The Labute approximate surface area is 214 Å². The van der Waals surface area contributed by atoms with Gasteiger partial charge in [-0.1, -0.05) is 18.7 Å². The minimum Gasteiger partial charge on any atom is -0.369 e. The molecule has 2 saturated heterocycles. The van der Waals surface area contributed by atoms with Crippen LogP contribution in [0.5, 0.6) is 0 Å². The number of piperazine rings is 1. The van der Waals surface area contributed by atoms with Crippen LogP contribution in [0.4, 0.5) is 5.69 Å². The van der Waals surface area contributed by atoms with Crippen LogP contribution in [-0.4, -0.2) is 85.4 Å². The molecule has 10 nitrogen and oxygen atoms in total. The van der Waals surface area contributed by atoms with Gasteiger partial charge in [0.1, 0.15) is 17.1 Å². The lowest BCUT2D eigenvalue weighted by atomic mass is 10.0. The molecule has 0 spiro atoms. The van der Waals surface area contributed by atoms with Gasteiger partial charge in [-0.15, -0.1) is 0 Å². The van der Waals surface area contributed by atoms with E-state index in [2.05, 4.69) is 56.9 Å². The maximum atomic E-state index is 11.7. The summed E-state index contributed by atoms with van der Waals surface area (Å²) in [4.78, 5) is 23.4. The molecule has 6 rings (SSSR count). The van der Waals surface area contributed by atoms with E-state index >= 15 is 0 Å². The maximum absolute atomic E-state index is 11.7. The molecule has 1 aromatic carbocycles. The Hall–Kier alpha value is -4.49. The molecule has 37 heavy (non-hydrogen) atoms. The van der Waals surface area contributed by atoms with Crippen molar-refractivity contribution in [1.82, 2.24) is 34.2 Å². The molecular weight excluding hydrogens is 466 g/mol. The van der Waals surface area contributed by atoms with E-state index in [0.29, 0.717) is 17.1 Å². The minimum atomic E-state index is 0.0190. The third-order valence-corrected chi connectivity index (χ3v) is 7.30. The van der Waals surface area contributed by atoms with Gasteiger partial charge in [-0.05, 0) is 18.2 Å². The number of nitrogens with zero attached hydrogens (tertiary/aromatic N) is 9. The molecule has 2 aliphatic heterocycles. The van der Waals surface area contributed by atoms with Crippen molar-refractivity contribution in [3.8, 4) is 28.6 Å². The summed E-state index contributed by atoms with van der Waals surface area (Å²) in [6, 6.07) is 11.1. The molecule has 5 heterocycles. The number of aryl methyl sites for hydroxylation is 1. The van der Waals surface area contributed by atoms with Crippen LogP contribution in [0.25, 0.3) is 28.0 Å². The first-order valence-corrected chi connectivity index (χ1v) is 12.3. The molecule has 3 aromatic heterocycles. The lowest BCUT2D eigenvalue weighted by Crippen LogP contribution is -2.64. The lowest BCUT2D eigenvalue weighted by Gasteiger charge is -2.48. The van der Waals surface area contributed by atoms with Crippen LogP contribution >= 0.6 is 0 Å². The van der Waals surface area contributed by atoms with Crippen molar-refractivity contribution in [1.29, 1.82) is 5.26 Å². The SMILES string of the molecule is C=CC(=O)N1CC(N2CCN(c3ccc(-c4nc(-c5cnn(C)c5)cn5ncc(C#N)c45)cc3)CC2)C1. The van der Waals surface area contributed by atoms with E-state index in [1.165, 1.54) is 6.08 Å². The number of anilines is 1. The van der Waals surface area contributed by atoms with Crippen molar-refractivity contribution in [2.24, 2.45) is 7.05 Å². The first-order valence-electron chi connectivity index (χ1n) is 12.3. The van der Waals surface area contributed by atoms with E-state index in [9.17, 15) is 10.1 Å². The standard InChI is InChI=1S/C27H27N9O/c1-3-25(37)35-16-23(17-35)34-10-8-33(9-11-34)22-6-4-19(5-7-22)26-27-20(12-28)13-30-36(27)18-24(31-26)21-14-29-32(2)15-21/h3-7,13-15,18,23H,1,8-11,16-17H2,2H3. The molecule has 10 heteroatoms. The van der Waals surface area contributed by atoms with Crippen molar-refractivity contribution < 1.29 is 4.79 Å². The number of benzene rings is 1. The van der Waals surface area contributed by atoms with Gasteiger partial charge in [0.15, 0.2) is 0 Å². The third kappa shape index (κ3) is 4.13. The predicted molar refractivity (Wildman–Crippen MR) is 140 cm³/mol. The molecule has 0 saturated carbocycles. The number of carbonyl (C=O) groups excluding carboxylic acids is 1. The number of fused-ring (bicyclic) bond motifs is 1. The third-order valence-electron chi connectivity index (χ3n) is 7.30. The normalized spacial score (nSPS) is 16.5. The van der Waals surface area contributed by atoms with E-state index < -0.39 is 0 Å². The highest BCUT2D eigenvalue weighted by atomic mass is 16.2. The summed E-state index contributed by atoms with van der Waals surface area (Å²) in [7, 11) is 1.87. The second kappa shape index (κ2) is 9.19. The molecule has 1 amide bonds. The fourth-order valence-corrected chi connectivity index (χ4v) is 5.16. The van der Waals surface area contributed by atoms with Crippen molar-refractivity contribution in [2.45, 2.75) is 6.04 Å². The predicted octanol–water partition coefficient (Wildman–Crippen LogP) is 2.19. The average Bonchev–Trinajstić information content (AvgIpc) is 3.53. The molecule has 186 valence electrons. The Morgan fingerprint density at radius 2 is 1.81 bits per heavy atom. The molecule has 0 radical (unpaired) electrons. The van der Waals surface area contributed by atoms with Crippen LogP contribution in [0.1, 0.15) is 5.56 Å². The van der Waals surface area contributed by atoms with E-state index in [0.717, 1.165) is 67.5 Å². The first-order chi connectivity index (χ1) is 18.0. The molecule has 4 aromatic rings. The van der Waals surface area contributed by atoms with Crippen LogP contribution in [0.3, 0.4) is 0 Å². The molecule has 0 atom stereocenters. The molecule has 0 bridgehead atoms. The number of likely N-dealkylation sites (tertiary alicyclic amines) is 1. The number of amides is 1. The zero-order chi connectivity index (χ0) is 25.5. The Morgan fingerprint density at radius 1 is 1.05 bits per heavy atom. The van der Waals surface area contributed by atoms with Crippen LogP contribution in [-0.2, 0) is 11.8 Å². The van der Waals surface area contributed by atoms with Crippen molar-refractivity contribution >= 4 is 17.1 Å². The zero-order valence-corrected chi connectivity index (χ0v) is 20.7. The van der Waals surface area contributed by atoms with Gasteiger partial charge in [-0.25, -0.2) is 9.50 Å². The van der Waals surface area contributed by atoms with Crippen LogP contribution < -0.4 is 4.90 Å². The highest BCUT2D eigenvalue weighted by molar-refractivity contribution is 5.87.